The Morgan fingerprint density at radius 3 is 1.85 bits per heavy atom. The summed E-state index contributed by atoms with van der Waals surface area (Å²) in [6, 6.07) is 31.7. The van der Waals surface area contributed by atoms with Gasteiger partial charge in [0.05, 0.1) is 11.4 Å². The van der Waals surface area contributed by atoms with Crippen LogP contribution in [-0.2, 0) is 6.42 Å². The molecule has 0 fully saturated rings. The molecule has 0 spiro atoms. The van der Waals surface area contributed by atoms with E-state index in [4.69, 9.17) is 4.98 Å². The van der Waals surface area contributed by atoms with Crippen LogP contribution in [0, 0.1) is 0 Å². The summed E-state index contributed by atoms with van der Waals surface area (Å²) in [5, 5.41) is 0. The van der Waals surface area contributed by atoms with Crippen molar-refractivity contribution in [2.24, 2.45) is 0 Å². The Bertz CT molecular complexity index is 987. The van der Waals surface area contributed by atoms with Gasteiger partial charge in [-0.05, 0) is 18.6 Å². The number of aromatic nitrogens is 2. The van der Waals surface area contributed by atoms with E-state index in [1.165, 1.54) is 11.3 Å². The van der Waals surface area contributed by atoms with Gasteiger partial charge >= 0.3 is 0 Å². The van der Waals surface area contributed by atoms with Gasteiger partial charge in [-0.25, -0.2) is 4.98 Å². The number of rotatable bonds is 6. The monoisotopic (exact) mass is 352 g/mol. The largest absolute Gasteiger partial charge is 0.296 e. The average molecular weight is 352 g/mol. The molecule has 27 heavy (non-hydrogen) atoms. The van der Waals surface area contributed by atoms with Crippen molar-refractivity contribution in [1.82, 2.24) is 9.55 Å². The Balaban J connectivity index is 2.01. The van der Waals surface area contributed by atoms with Crippen LogP contribution in [0.2, 0.25) is 0 Å². The van der Waals surface area contributed by atoms with Crippen LogP contribution < -0.4 is 0 Å². The highest BCUT2D eigenvalue weighted by molar-refractivity contribution is 5.80. The van der Waals surface area contributed by atoms with Crippen molar-refractivity contribution in [2.75, 3.05) is 0 Å². The molecule has 4 rings (SSSR count). The summed E-state index contributed by atoms with van der Waals surface area (Å²) >= 11 is 0. The summed E-state index contributed by atoms with van der Waals surface area (Å²) in [6.45, 7) is 2.23. The van der Waals surface area contributed by atoms with Crippen LogP contribution >= 0.6 is 0 Å². The lowest BCUT2D eigenvalue weighted by Crippen LogP contribution is -2.03. The van der Waals surface area contributed by atoms with Crippen molar-refractivity contribution in [2.45, 2.75) is 26.2 Å². The quantitative estimate of drug-likeness (QED) is 0.385. The molecule has 4 aromatic rings. The Kier molecular flexibility index (Phi) is 5.15. The first-order chi connectivity index (χ1) is 13.4. The van der Waals surface area contributed by atoms with E-state index in [0.717, 1.165) is 42.0 Å². The van der Waals surface area contributed by atoms with Crippen molar-refractivity contribution in [3.8, 4) is 28.2 Å². The highest BCUT2D eigenvalue weighted by Crippen LogP contribution is 2.35. The van der Waals surface area contributed by atoms with E-state index in [-0.39, 0.29) is 0 Å². The summed E-state index contributed by atoms with van der Waals surface area (Å²) in [7, 11) is 0. The lowest BCUT2D eigenvalue weighted by atomic mass is 10.0. The number of unbranched alkanes of at least 4 members (excludes halogenated alkanes) is 1. The van der Waals surface area contributed by atoms with E-state index in [1.807, 2.05) is 0 Å². The first-order valence-corrected chi connectivity index (χ1v) is 9.66. The number of hydrogen-bond donors (Lipinski definition) is 0. The fraction of sp³-hybridized carbons (Fsp3) is 0.160. The molecule has 3 aromatic carbocycles. The smallest absolute Gasteiger partial charge is 0.114 e. The fourth-order valence-corrected chi connectivity index (χ4v) is 3.48. The van der Waals surface area contributed by atoms with Gasteiger partial charge in [0, 0.05) is 23.2 Å². The molecule has 0 aliphatic rings. The van der Waals surface area contributed by atoms with Crippen molar-refractivity contribution in [3.63, 3.8) is 0 Å². The molecule has 0 aliphatic heterocycles. The molecule has 0 N–H and O–H groups in total. The van der Waals surface area contributed by atoms with Gasteiger partial charge in [0.25, 0.3) is 0 Å². The van der Waals surface area contributed by atoms with Crippen molar-refractivity contribution >= 4 is 0 Å². The van der Waals surface area contributed by atoms with Crippen molar-refractivity contribution in [1.29, 1.82) is 0 Å². The van der Waals surface area contributed by atoms with Gasteiger partial charge in [0.15, 0.2) is 0 Å². The maximum absolute atomic E-state index is 5.13. The SMILES string of the molecule is CCCCc1nc(-c2ccccc2)c(-c2ccccc2)n1-c1ccccc1. The molecule has 134 valence electrons. The number of benzene rings is 3. The third-order valence-corrected chi connectivity index (χ3v) is 4.81. The number of imidazole rings is 1. The van der Waals surface area contributed by atoms with Gasteiger partial charge in [0.1, 0.15) is 5.82 Å². The molecule has 0 radical (unpaired) electrons. The molecule has 0 unspecified atom stereocenters. The second-order valence-corrected chi connectivity index (χ2v) is 6.73. The Morgan fingerprint density at radius 2 is 1.26 bits per heavy atom. The van der Waals surface area contributed by atoms with Crippen LogP contribution in [0.15, 0.2) is 91.0 Å². The first-order valence-electron chi connectivity index (χ1n) is 9.66. The zero-order chi connectivity index (χ0) is 18.5. The van der Waals surface area contributed by atoms with Gasteiger partial charge in [-0.3, -0.25) is 4.57 Å². The molecule has 0 atom stereocenters. The lowest BCUT2D eigenvalue weighted by molar-refractivity contribution is 0.740. The molecule has 1 aromatic heterocycles. The van der Waals surface area contributed by atoms with E-state index in [2.05, 4.69) is 102 Å². The Hall–Kier alpha value is -3.13. The second kappa shape index (κ2) is 8.05. The van der Waals surface area contributed by atoms with Crippen molar-refractivity contribution in [3.05, 3.63) is 96.8 Å². The molecule has 0 aliphatic carbocycles. The number of nitrogens with zero attached hydrogens (tertiary/aromatic N) is 2. The Morgan fingerprint density at radius 1 is 0.704 bits per heavy atom. The van der Waals surface area contributed by atoms with Crippen LogP contribution in [0.1, 0.15) is 25.6 Å². The van der Waals surface area contributed by atoms with Gasteiger partial charge in [-0.2, -0.15) is 0 Å². The highest BCUT2D eigenvalue weighted by atomic mass is 15.1. The summed E-state index contributed by atoms with van der Waals surface area (Å²) in [4.78, 5) is 5.13. The topological polar surface area (TPSA) is 17.8 Å². The minimum absolute atomic E-state index is 0.970. The van der Waals surface area contributed by atoms with Crippen LogP contribution in [0.25, 0.3) is 28.2 Å². The molecule has 0 bridgehead atoms. The van der Waals surface area contributed by atoms with Gasteiger partial charge in [-0.1, -0.05) is 92.2 Å². The molecule has 0 saturated carbocycles. The number of aryl methyl sites for hydroxylation is 1. The van der Waals surface area contributed by atoms with Crippen LogP contribution in [0.3, 0.4) is 0 Å². The molecule has 1 heterocycles. The van der Waals surface area contributed by atoms with E-state index in [0.29, 0.717) is 0 Å². The molecule has 2 heteroatoms. The molecule has 0 saturated heterocycles. The summed E-state index contributed by atoms with van der Waals surface area (Å²) in [5.41, 5.74) is 5.73. The van der Waals surface area contributed by atoms with Crippen molar-refractivity contribution < 1.29 is 0 Å². The molecule has 0 amide bonds. The lowest BCUT2D eigenvalue weighted by Gasteiger charge is -2.13. The Labute approximate surface area is 161 Å². The fourth-order valence-electron chi connectivity index (χ4n) is 3.48. The maximum Gasteiger partial charge on any atom is 0.114 e. The first kappa shape index (κ1) is 17.3. The average Bonchev–Trinajstić information content (AvgIpc) is 3.13. The molecule has 2 nitrogen and oxygen atoms in total. The van der Waals surface area contributed by atoms with E-state index < -0.39 is 0 Å². The highest BCUT2D eigenvalue weighted by Gasteiger charge is 2.20. The summed E-state index contributed by atoms with van der Waals surface area (Å²) in [6.07, 6.45) is 3.26. The standard InChI is InChI=1S/C25H24N2/c1-2-3-19-23-26-24(20-13-7-4-8-14-20)25(21-15-9-5-10-16-21)27(23)22-17-11-6-12-18-22/h4-18H,2-3,19H2,1H3. The van der Waals surface area contributed by atoms with E-state index in [9.17, 15) is 0 Å². The van der Waals surface area contributed by atoms with Gasteiger partial charge < -0.3 is 0 Å². The number of para-hydroxylation sites is 1. The number of hydrogen-bond acceptors (Lipinski definition) is 1. The minimum atomic E-state index is 0.970. The molecular formula is C25H24N2. The zero-order valence-electron chi connectivity index (χ0n) is 15.7. The summed E-state index contributed by atoms with van der Waals surface area (Å²) in [5.74, 6) is 1.13. The zero-order valence-corrected chi connectivity index (χ0v) is 15.7. The van der Waals surface area contributed by atoms with E-state index >= 15 is 0 Å². The molecular weight excluding hydrogens is 328 g/mol. The maximum atomic E-state index is 5.13. The van der Waals surface area contributed by atoms with Crippen LogP contribution in [-0.4, -0.2) is 9.55 Å². The summed E-state index contributed by atoms with van der Waals surface area (Å²) < 4.78 is 2.34. The third-order valence-electron chi connectivity index (χ3n) is 4.81. The van der Waals surface area contributed by atoms with Crippen LogP contribution in [0.4, 0.5) is 0 Å². The van der Waals surface area contributed by atoms with Gasteiger partial charge in [-0.15, -0.1) is 0 Å². The third kappa shape index (κ3) is 3.56. The van der Waals surface area contributed by atoms with Crippen LogP contribution in [0.5, 0.6) is 0 Å². The predicted molar refractivity (Wildman–Crippen MR) is 113 cm³/mol. The van der Waals surface area contributed by atoms with Gasteiger partial charge in [0.2, 0.25) is 0 Å². The second-order valence-electron chi connectivity index (χ2n) is 6.73. The normalized spacial score (nSPS) is 10.9. The predicted octanol–water partition coefficient (Wildman–Crippen LogP) is 6.55. The van der Waals surface area contributed by atoms with E-state index in [1.54, 1.807) is 0 Å². The minimum Gasteiger partial charge on any atom is -0.296 e.